The molecule has 1 aromatic carbocycles. The van der Waals surface area contributed by atoms with Gasteiger partial charge in [-0.25, -0.2) is 0 Å². The Morgan fingerprint density at radius 3 is 2.68 bits per heavy atom. The number of rotatable bonds is 4. The molecule has 0 atom stereocenters. The molecule has 0 aromatic heterocycles. The van der Waals surface area contributed by atoms with Crippen LogP contribution in [0.2, 0.25) is 0 Å². The van der Waals surface area contributed by atoms with Gasteiger partial charge in [0.05, 0.1) is 7.11 Å². The molecule has 5 heteroatoms. The van der Waals surface area contributed by atoms with Crippen LogP contribution in [0.3, 0.4) is 0 Å². The number of nitrogens with zero attached hydrogens (tertiary/aromatic N) is 1. The number of methoxy groups -OCH3 is 1. The molecule has 0 N–H and O–H groups in total. The first kappa shape index (κ1) is 15.0. The minimum atomic E-state index is 0.0460. The molecule has 0 spiro atoms. The van der Waals surface area contributed by atoms with Gasteiger partial charge in [-0.2, -0.15) is 0 Å². The van der Waals surface area contributed by atoms with Crippen molar-refractivity contribution in [1.82, 2.24) is 4.90 Å². The van der Waals surface area contributed by atoms with Gasteiger partial charge in [0, 0.05) is 18.2 Å². The summed E-state index contributed by atoms with van der Waals surface area (Å²) in [7, 11) is 1.58. The third-order valence-electron chi connectivity index (χ3n) is 4.44. The first-order valence-corrected chi connectivity index (χ1v) is 8.03. The molecule has 1 aliphatic heterocycles. The number of fused-ring (bicyclic) bond motifs is 1. The lowest BCUT2D eigenvalue weighted by Gasteiger charge is -2.28. The van der Waals surface area contributed by atoms with E-state index in [1.165, 1.54) is 12.8 Å². The van der Waals surface area contributed by atoms with Crippen molar-refractivity contribution in [2.45, 2.75) is 38.6 Å². The number of carbonyl (C=O) groups is 1. The third kappa shape index (κ3) is 2.72. The van der Waals surface area contributed by atoms with Crippen molar-refractivity contribution in [1.29, 1.82) is 0 Å². The summed E-state index contributed by atoms with van der Waals surface area (Å²) >= 11 is 0. The van der Waals surface area contributed by atoms with Gasteiger partial charge >= 0.3 is 0 Å². The smallest absolute Gasteiger partial charge is 0.254 e. The lowest BCUT2D eigenvalue weighted by atomic mass is 10.1. The zero-order valence-electron chi connectivity index (χ0n) is 13.3. The number of carbonyl (C=O) groups excluding carboxylic acids is 1. The van der Waals surface area contributed by atoms with Crippen molar-refractivity contribution in [3.05, 3.63) is 17.7 Å². The molecular weight excluding hydrogens is 282 g/mol. The van der Waals surface area contributed by atoms with E-state index >= 15 is 0 Å². The molecule has 0 radical (unpaired) electrons. The van der Waals surface area contributed by atoms with Crippen molar-refractivity contribution >= 4 is 5.91 Å². The Morgan fingerprint density at radius 2 is 2.00 bits per heavy atom. The standard InChI is InChI=1S/C17H23NO4/c1-3-18(13-6-4-5-7-13)17(19)12-10-14(20-2)16-15(11-12)21-8-9-22-16/h10-11,13H,3-9H2,1-2H3. The molecule has 1 heterocycles. The first-order chi connectivity index (χ1) is 10.7. The average Bonchev–Trinajstić information content (AvgIpc) is 3.08. The van der Waals surface area contributed by atoms with E-state index in [2.05, 4.69) is 0 Å². The Kier molecular flexibility index (Phi) is 4.41. The SMILES string of the molecule is CCN(C(=O)c1cc(OC)c2c(c1)OCCO2)C1CCCC1. The zero-order valence-corrected chi connectivity index (χ0v) is 13.3. The van der Waals surface area contributed by atoms with Gasteiger partial charge in [0.25, 0.3) is 5.91 Å². The number of amides is 1. The highest BCUT2D eigenvalue weighted by Gasteiger charge is 2.28. The molecule has 3 rings (SSSR count). The lowest BCUT2D eigenvalue weighted by molar-refractivity contribution is 0.0692. The van der Waals surface area contributed by atoms with Crippen LogP contribution in [-0.2, 0) is 0 Å². The van der Waals surface area contributed by atoms with Crippen LogP contribution in [0.1, 0.15) is 43.0 Å². The van der Waals surface area contributed by atoms with Gasteiger partial charge in [-0.15, -0.1) is 0 Å². The number of hydrogen-bond acceptors (Lipinski definition) is 4. The molecule has 0 bridgehead atoms. The fourth-order valence-electron chi connectivity index (χ4n) is 3.35. The first-order valence-electron chi connectivity index (χ1n) is 8.03. The quantitative estimate of drug-likeness (QED) is 0.858. The molecule has 120 valence electrons. The summed E-state index contributed by atoms with van der Waals surface area (Å²) in [6.07, 6.45) is 4.61. The van der Waals surface area contributed by atoms with Crippen LogP contribution in [0.5, 0.6) is 17.2 Å². The van der Waals surface area contributed by atoms with Gasteiger partial charge in [0.15, 0.2) is 11.5 Å². The molecular formula is C17H23NO4. The molecule has 2 aliphatic rings. The summed E-state index contributed by atoms with van der Waals surface area (Å²) in [6.45, 7) is 3.75. The molecule has 5 nitrogen and oxygen atoms in total. The summed E-state index contributed by atoms with van der Waals surface area (Å²) in [5, 5.41) is 0. The molecule has 1 aliphatic carbocycles. The van der Waals surface area contributed by atoms with E-state index in [4.69, 9.17) is 14.2 Å². The van der Waals surface area contributed by atoms with Gasteiger partial charge in [0.1, 0.15) is 13.2 Å². The van der Waals surface area contributed by atoms with E-state index in [-0.39, 0.29) is 5.91 Å². The molecule has 22 heavy (non-hydrogen) atoms. The highest BCUT2D eigenvalue weighted by Crippen LogP contribution is 2.40. The molecule has 1 fully saturated rings. The van der Waals surface area contributed by atoms with Crippen molar-refractivity contribution < 1.29 is 19.0 Å². The Hall–Kier alpha value is -1.91. The summed E-state index contributed by atoms with van der Waals surface area (Å²) in [5.74, 6) is 1.79. The molecule has 1 saturated carbocycles. The van der Waals surface area contributed by atoms with Gasteiger partial charge < -0.3 is 19.1 Å². The van der Waals surface area contributed by atoms with E-state index in [9.17, 15) is 4.79 Å². The Balaban J connectivity index is 1.91. The Labute approximate surface area is 131 Å². The summed E-state index contributed by atoms with van der Waals surface area (Å²) in [5.41, 5.74) is 0.606. The van der Waals surface area contributed by atoms with E-state index < -0.39 is 0 Å². The summed E-state index contributed by atoms with van der Waals surface area (Å²) in [6, 6.07) is 3.89. The monoisotopic (exact) mass is 305 g/mol. The predicted octanol–water partition coefficient (Wildman–Crippen LogP) is 2.87. The summed E-state index contributed by atoms with van der Waals surface area (Å²) < 4.78 is 16.6. The van der Waals surface area contributed by atoms with Gasteiger partial charge in [0.2, 0.25) is 5.75 Å². The normalized spacial score (nSPS) is 17.4. The van der Waals surface area contributed by atoms with Gasteiger partial charge in [-0.3, -0.25) is 4.79 Å². The third-order valence-corrected chi connectivity index (χ3v) is 4.44. The van der Waals surface area contributed by atoms with Gasteiger partial charge in [-0.05, 0) is 31.9 Å². The highest BCUT2D eigenvalue weighted by molar-refractivity contribution is 5.96. The summed E-state index contributed by atoms with van der Waals surface area (Å²) in [4.78, 5) is 14.9. The van der Waals surface area contributed by atoms with E-state index in [0.717, 1.165) is 19.4 Å². The zero-order chi connectivity index (χ0) is 15.5. The van der Waals surface area contributed by atoms with Crippen molar-refractivity contribution in [3.63, 3.8) is 0 Å². The molecule has 1 amide bonds. The van der Waals surface area contributed by atoms with E-state index in [0.29, 0.717) is 42.1 Å². The Morgan fingerprint density at radius 1 is 1.27 bits per heavy atom. The van der Waals surface area contributed by atoms with Crippen LogP contribution in [0.4, 0.5) is 0 Å². The topological polar surface area (TPSA) is 48.0 Å². The largest absolute Gasteiger partial charge is 0.493 e. The van der Waals surface area contributed by atoms with E-state index in [1.54, 1.807) is 19.2 Å². The molecule has 0 unspecified atom stereocenters. The van der Waals surface area contributed by atoms with Gasteiger partial charge in [-0.1, -0.05) is 12.8 Å². The number of benzene rings is 1. The van der Waals surface area contributed by atoms with Crippen LogP contribution in [-0.4, -0.2) is 43.7 Å². The maximum absolute atomic E-state index is 12.9. The Bertz CT molecular complexity index is 535. The minimum absolute atomic E-state index is 0.0460. The van der Waals surface area contributed by atoms with Crippen LogP contribution in [0.25, 0.3) is 0 Å². The predicted molar refractivity (Wildman–Crippen MR) is 83.0 cm³/mol. The van der Waals surface area contributed by atoms with Crippen molar-refractivity contribution in [3.8, 4) is 17.2 Å². The average molecular weight is 305 g/mol. The fourth-order valence-corrected chi connectivity index (χ4v) is 3.35. The second-order valence-electron chi connectivity index (χ2n) is 5.73. The van der Waals surface area contributed by atoms with Crippen LogP contribution in [0.15, 0.2) is 12.1 Å². The highest BCUT2D eigenvalue weighted by atomic mass is 16.6. The van der Waals surface area contributed by atoms with E-state index in [1.807, 2.05) is 11.8 Å². The minimum Gasteiger partial charge on any atom is -0.493 e. The number of hydrogen-bond donors (Lipinski definition) is 0. The maximum Gasteiger partial charge on any atom is 0.254 e. The molecule has 1 aromatic rings. The van der Waals surface area contributed by atoms with Crippen molar-refractivity contribution in [2.75, 3.05) is 26.9 Å². The van der Waals surface area contributed by atoms with Crippen LogP contribution >= 0.6 is 0 Å². The second-order valence-corrected chi connectivity index (χ2v) is 5.73. The second kappa shape index (κ2) is 6.46. The molecule has 0 saturated heterocycles. The fraction of sp³-hybridized carbons (Fsp3) is 0.588. The number of ether oxygens (including phenoxy) is 3. The maximum atomic E-state index is 12.9. The van der Waals surface area contributed by atoms with Crippen molar-refractivity contribution in [2.24, 2.45) is 0 Å². The lowest BCUT2D eigenvalue weighted by Crippen LogP contribution is -2.38. The van der Waals surface area contributed by atoms with Crippen LogP contribution in [0, 0.1) is 0 Å². The van der Waals surface area contributed by atoms with Crippen LogP contribution < -0.4 is 14.2 Å².